The first kappa shape index (κ1) is 30.0. The van der Waals surface area contributed by atoms with Crippen molar-refractivity contribution in [1.82, 2.24) is 34.1 Å². The van der Waals surface area contributed by atoms with Crippen molar-refractivity contribution in [2.24, 2.45) is 0 Å². The second-order valence-corrected chi connectivity index (χ2v) is 13.5. The summed E-state index contributed by atoms with van der Waals surface area (Å²) in [5, 5.41) is 0. The average Bonchev–Trinajstić information content (AvgIpc) is 3.73. The van der Waals surface area contributed by atoms with E-state index >= 15 is 8.78 Å². The first-order chi connectivity index (χ1) is 20.9. The minimum atomic E-state index is -4.24. The van der Waals surface area contributed by atoms with Crippen molar-refractivity contribution in [1.29, 1.82) is 0 Å². The molecule has 7 heterocycles. The molecule has 236 valence electrons. The van der Waals surface area contributed by atoms with Crippen molar-refractivity contribution in [3.8, 4) is 0 Å². The van der Waals surface area contributed by atoms with Gasteiger partial charge in [0.2, 0.25) is 0 Å². The number of ether oxygens (including phenoxy) is 2. The van der Waals surface area contributed by atoms with Gasteiger partial charge in [-0.05, 0) is 17.9 Å². The number of alkyl halides is 2. The third-order valence-electron chi connectivity index (χ3n) is 7.17. The molecule has 0 saturated carbocycles. The normalized spacial score (nSPS) is 38.3. The molecule has 0 spiro atoms. The molecule has 3 aliphatic rings. The topological polar surface area (TPSA) is 219 Å². The molecule has 0 radical (unpaired) electrons. The molecule has 44 heavy (non-hydrogen) atoms. The van der Waals surface area contributed by atoms with Crippen molar-refractivity contribution in [2.45, 2.75) is 49.2 Å². The number of hydrogen-bond acceptors (Lipinski definition) is 15. The second-order valence-electron chi connectivity index (χ2n) is 9.75. The molecule has 7 rings (SSSR count). The van der Waals surface area contributed by atoms with E-state index in [1.807, 2.05) is 0 Å². The van der Waals surface area contributed by atoms with Gasteiger partial charge >= 0.3 is 6.72 Å². The fourth-order valence-corrected chi connectivity index (χ4v) is 7.34. The van der Waals surface area contributed by atoms with Gasteiger partial charge in [0.1, 0.15) is 49.3 Å². The Morgan fingerprint density at radius 3 is 2.39 bits per heavy atom. The summed E-state index contributed by atoms with van der Waals surface area (Å²) in [6.07, 6.45) is -6.86. The van der Waals surface area contributed by atoms with Gasteiger partial charge in [0, 0.05) is 6.20 Å². The lowest BCUT2D eigenvalue weighted by molar-refractivity contribution is -0.0580. The molecule has 4 aromatic heterocycles. The van der Waals surface area contributed by atoms with E-state index in [2.05, 4.69) is 24.9 Å². The SMILES string of the molecule is [BH3-]P1(=O)OC[C@H]2O[C@@H](n3cnc4c(N)ncnc43)[C@H](F)[C@@H]2OP(O)(=S)OC[C@H]2O[C@@H](n3cnc4c(N)ccnc43)[C@H](O1)[C@@H]2F. The zero-order valence-corrected chi connectivity index (χ0v) is 24.2. The fourth-order valence-electron chi connectivity index (χ4n) is 5.16. The van der Waals surface area contributed by atoms with E-state index in [9.17, 15) is 9.46 Å². The minimum absolute atomic E-state index is 0.0748. The van der Waals surface area contributed by atoms with E-state index < -0.39 is 84.2 Å². The molecule has 17 nitrogen and oxygen atoms in total. The van der Waals surface area contributed by atoms with Crippen molar-refractivity contribution >= 4 is 67.4 Å². The van der Waals surface area contributed by atoms with Crippen LogP contribution in [0.5, 0.6) is 0 Å². The Hall–Kier alpha value is -2.71. The van der Waals surface area contributed by atoms with Gasteiger partial charge in [-0.25, -0.2) is 33.7 Å². The van der Waals surface area contributed by atoms with Crippen LogP contribution in [0.1, 0.15) is 12.5 Å². The third-order valence-corrected chi connectivity index (χ3v) is 9.50. The Morgan fingerprint density at radius 1 is 0.909 bits per heavy atom. The number of pyridine rings is 1. The van der Waals surface area contributed by atoms with E-state index in [-0.39, 0.29) is 22.6 Å². The maximum Gasteiger partial charge on any atom is 0.325 e. The quantitative estimate of drug-likeness (QED) is 0.194. The number of fused-ring (bicyclic) bond motifs is 5. The van der Waals surface area contributed by atoms with Crippen molar-refractivity contribution in [3.63, 3.8) is 0 Å². The predicted molar refractivity (Wildman–Crippen MR) is 155 cm³/mol. The summed E-state index contributed by atoms with van der Waals surface area (Å²) in [5.41, 5.74) is 13.2. The number of imidazole rings is 2. The van der Waals surface area contributed by atoms with Gasteiger partial charge < -0.3 is 44.0 Å². The van der Waals surface area contributed by atoms with E-state index in [1.165, 1.54) is 34.3 Å². The minimum Gasteiger partial charge on any atom is -0.397 e. The van der Waals surface area contributed by atoms with E-state index in [1.54, 1.807) is 6.07 Å². The highest BCUT2D eigenvalue weighted by molar-refractivity contribution is 8.07. The summed E-state index contributed by atoms with van der Waals surface area (Å²) in [5.74, 6) is 0.0748. The molecule has 3 saturated heterocycles. The van der Waals surface area contributed by atoms with Crippen LogP contribution < -0.4 is 11.5 Å². The van der Waals surface area contributed by atoms with Crippen LogP contribution in [0.2, 0.25) is 0 Å². The fraction of sp³-hybridized carbons (Fsp3) is 0.476. The number of aromatic nitrogens is 7. The number of nitrogen functional groups attached to an aromatic ring is 2. The monoisotopic (exact) mass is 674 g/mol. The van der Waals surface area contributed by atoms with Gasteiger partial charge in [0.25, 0.3) is 0 Å². The maximum absolute atomic E-state index is 16.0. The number of nitrogens with zero attached hydrogens (tertiary/aromatic N) is 7. The predicted octanol–water partition coefficient (Wildman–Crippen LogP) is 0.414. The van der Waals surface area contributed by atoms with E-state index in [0.29, 0.717) is 11.2 Å². The summed E-state index contributed by atoms with van der Waals surface area (Å²) in [4.78, 5) is 31.6. The van der Waals surface area contributed by atoms with Crippen LogP contribution in [-0.2, 0) is 43.9 Å². The Kier molecular flexibility index (Phi) is 7.48. The summed E-state index contributed by atoms with van der Waals surface area (Å²) < 4.78 is 82.7. The molecular weight excluding hydrogens is 649 g/mol. The van der Waals surface area contributed by atoms with Gasteiger partial charge in [-0.1, -0.05) is 0 Å². The molecule has 2 bridgehead atoms. The number of hydrogen-bond donors (Lipinski definition) is 3. The van der Waals surface area contributed by atoms with Gasteiger partial charge in [-0.2, -0.15) is 0 Å². The van der Waals surface area contributed by atoms with Crippen LogP contribution in [0.15, 0.2) is 31.2 Å². The summed E-state index contributed by atoms with van der Waals surface area (Å²) in [6.45, 7) is -5.35. The zero-order chi connectivity index (χ0) is 31.0. The molecule has 0 aromatic carbocycles. The zero-order valence-electron chi connectivity index (χ0n) is 21.6. The lowest BCUT2D eigenvalue weighted by Crippen LogP contribution is -2.34. The highest BCUT2D eigenvalue weighted by Gasteiger charge is 2.53. The Bertz CT molecular complexity index is 1840. The molecule has 0 amide bonds. The van der Waals surface area contributed by atoms with Gasteiger partial charge in [0.15, 0.2) is 41.9 Å². The lowest BCUT2D eigenvalue weighted by Gasteiger charge is -2.29. The molecule has 10 atom stereocenters. The van der Waals surface area contributed by atoms with Crippen LogP contribution >= 0.6 is 14.2 Å². The Labute approximate surface area is 252 Å². The molecule has 4 aromatic rings. The Morgan fingerprint density at radius 2 is 1.59 bits per heavy atom. The van der Waals surface area contributed by atoms with Crippen LogP contribution in [0, 0.1) is 0 Å². The molecule has 3 fully saturated rings. The highest BCUT2D eigenvalue weighted by atomic mass is 32.5. The number of nitrogens with two attached hydrogens (primary N) is 2. The van der Waals surface area contributed by atoms with Crippen LogP contribution in [0.25, 0.3) is 22.3 Å². The number of rotatable bonds is 2. The van der Waals surface area contributed by atoms with Gasteiger partial charge in [-0.15, -0.1) is 0 Å². The smallest absolute Gasteiger partial charge is 0.325 e. The van der Waals surface area contributed by atoms with Crippen LogP contribution in [0.4, 0.5) is 20.3 Å². The summed E-state index contributed by atoms with van der Waals surface area (Å²) >= 11 is 5.17. The molecule has 3 aliphatic heterocycles. The molecule has 2 unspecified atom stereocenters. The van der Waals surface area contributed by atoms with Crippen LogP contribution in [-0.4, -0.2) is 96.5 Å². The number of anilines is 2. The first-order valence-electron chi connectivity index (χ1n) is 12.6. The van der Waals surface area contributed by atoms with Crippen LogP contribution in [0.3, 0.4) is 0 Å². The van der Waals surface area contributed by atoms with Crippen molar-refractivity contribution < 1.29 is 45.8 Å². The second kappa shape index (κ2) is 11.0. The molecular formula is C21H25BF2N9O8P2S-. The van der Waals surface area contributed by atoms with Gasteiger partial charge in [-0.3, -0.25) is 13.7 Å². The average molecular weight is 674 g/mol. The highest BCUT2D eigenvalue weighted by Crippen LogP contribution is 2.54. The van der Waals surface area contributed by atoms with E-state index in [4.69, 9.17) is 50.8 Å². The largest absolute Gasteiger partial charge is 0.397 e. The summed E-state index contributed by atoms with van der Waals surface area (Å²) in [7, 11) is -5.11. The molecule has 5 N–H and O–H groups in total. The lowest BCUT2D eigenvalue weighted by atomic mass is 10.1. The maximum atomic E-state index is 16.0. The van der Waals surface area contributed by atoms with Crippen molar-refractivity contribution in [2.75, 3.05) is 24.7 Å². The summed E-state index contributed by atoms with van der Waals surface area (Å²) in [6, 6.07) is 1.55. The first-order valence-corrected chi connectivity index (χ1v) is 16.3. The van der Waals surface area contributed by atoms with Gasteiger partial charge in [0.05, 0.1) is 39.1 Å². The Balaban J connectivity index is 1.20. The third kappa shape index (κ3) is 5.20. The standard InChI is InChI=1S/C21H25BF2N9O8P2S/c22-42(34)36-4-10-15(12(24)20(39-10)32-7-31-14-17(26)28-5-29-19(14)32)41-43(35,44)37-3-9-11(23)16(40-42)21(38-9)33-6-30-13-8(25)1-2-27-18(13)33/h1-2,5-7,9-12,15-16,20-21H,3-4H2,22H3,(H2,25,27)(H,35,44)(H2,26,28,29)/q-1/t9-,10-,11-,12-,15-,16-,20-,21-,42?,43?/m1/s1. The van der Waals surface area contributed by atoms with E-state index in [0.717, 1.165) is 0 Å². The molecule has 0 aliphatic carbocycles. The molecule has 23 heteroatoms. The number of halogens is 2. The van der Waals surface area contributed by atoms with Crippen molar-refractivity contribution in [3.05, 3.63) is 31.2 Å².